The molecule has 5 nitrogen and oxygen atoms in total. The summed E-state index contributed by atoms with van der Waals surface area (Å²) in [5.74, 6) is 0.894. The van der Waals surface area contributed by atoms with Gasteiger partial charge in [0, 0.05) is 24.1 Å². The number of rotatable bonds is 5. The standard InChI is InChI=1S/C17H17N3O2S/c1-11(9-13-7-8-23-10-13)18-16(21)14-3-5-15(6-4-14)17-20-19-12(2)22-17/h3-8,10-11H,9H2,1-2H3,(H,18,21). The lowest BCUT2D eigenvalue weighted by molar-refractivity contribution is 0.0940. The monoisotopic (exact) mass is 327 g/mol. The van der Waals surface area contributed by atoms with Gasteiger partial charge in [-0.2, -0.15) is 11.3 Å². The Kier molecular flexibility index (Phi) is 4.52. The lowest BCUT2D eigenvalue weighted by Crippen LogP contribution is -2.33. The molecule has 23 heavy (non-hydrogen) atoms. The average molecular weight is 327 g/mol. The maximum Gasteiger partial charge on any atom is 0.251 e. The van der Waals surface area contributed by atoms with Gasteiger partial charge in [0.1, 0.15) is 0 Å². The van der Waals surface area contributed by atoms with E-state index in [2.05, 4.69) is 27.0 Å². The van der Waals surface area contributed by atoms with E-state index in [1.54, 1.807) is 30.4 Å². The van der Waals surface area contributed by atoms with Crippen LogP contribution in [0.1, 0.15) is 28.7 Å². The third kappa shape index (κ3) is 3.84. The highest BCUT2D eigenvalue weighted by molar-refractivity contribution is 7.07. The van der Waals surface area contributed by atoms with Crippen LogP contribution in [0.5, 0.6) is 0 Å². The SMILES string of the molecule is Cc1nnc(-c2ccc(C(=O)NC(C)Cc3ccsc3)cc2)o1. The number of benzene rings is 1. The van der Waals surface area contributed by atoms with Crippen LogP contribution in [0.2, 0.25) is 0 Å². The molecule has 1 N–H and O–H groups in total. The molecular formula is C17H17N3O2S. The molecule has 0 saturated heterocycles. The second kappa shape index (κ2) is 6.75. The van der Waals surface area contributed by atoms with Crippen molar-refractivity contribution in [2.24, 2.45) is 0 Å². The van der Waals surface area contributed by atoms with E-state index in [-0.39, 0.29) is 11.9 Å². The molecule has 1 unspecified atom stereocenters. The Labute approximate surface area is 138 Å². The normalized spacial score (nSPS) is 12.1. The quantitative estimate of drug-likeness (QED) is 0.779. The van der Waals surface area contributed by atoms with E-state index in [1.807, 2.05) is 24.4 Å². The maximum atomic E-state index is 12.3. The lowest BCUT2D eigenvalue weighted by Gasteiger charge is -2.13. The van der Waals surface area contributed by atoms with Crippen molar-refractivity contribution in [1.29, 1.82) is 0 Å². The van der Waals surface area contributed by atoms with Crippen LogP contribution in [0.4, 0.5) is 0 Å². The number of carbonyl (C=O) groups excluding carboxylic acids is 1. The van der Waals surface area contributed by atoms with Crippen molar-refractivity contribution < 1.29 is 9.21 Å². The second-order valence-corrected chi connectivity index (χ2v) is 6.19. The molecule has 3 aromatic rings. The van der Waals surface area contributed by atoms with Crippen LogP contribution in [0.3, 0.4) is 0 Å². The number of nitrogens with one attached hydrogen (secondary N) is 1. The molecule has 2 aromatic heterocycles. The van der Waals surface area contributed by atoms with Crippen molar-refractivity contribution in [2.45, 2.75) is 26.3 Å². The Hall–Kier alpha value is -2.47. The number of hydrogen-bond acceptors (Lipinski definition) is 5. The zero-order valence-corrected chi connectivity index (χ0v) is 13.8. The number of amides is 1. The Morgan fingerprint density at radius 2 is 2.04 bits per heavy atom. The van der Waals surface area contributed by atoms with Gasteiger partial charge in [0.15, 0.2) is 0 Å². The fourth-order valence-corrected chi connectivity index (χ4v) is 2.98. The minimum absolute atomic E-state index is 0.0790. The summed E-state index contributed by atoms with van der Waals surface area (Å²) in [5, 5.41) is 14.9. The zero-order valence-electron chi connectivity index (χ0n) is 12.9. The second-order valence-electron chi connectivity index (χ2n) is 5.41. The van der Waals surface area contributed by atoms with Crippen molar-refractivity contribution >= 4 is 17.2 Å². The minimum Gasteiger partial charge on any atom is -0.421 e. The summed E-state index contributed by atoms with van der Waals surface area (Å²) >= 11 is 1.67. The Morgan fingerprint density at radius 3 is 2.65 bits per heavy atom. The summed E-state index contributed by atoms with van der Waals surface area (Å²) in [6, 6.07) is 9.31. The summed E-state index contributed by atoms with van der Waals surface area (Å²) in [5.41, 5.74) is 2.65. The molecule has 1 aromatic carbocycles. The van der Waals surface area contributed by atoms with Crippen LogP contribution in [0.25, 0.3) is 11.5 Å². The van der Waals surface area contributed by atoms with Gasteiger partial charge >= 0.3 is 0 Å². The minimum atomic E-state index is -0.0824. The van der Waals surface area contributed by atoms with E-state index in [4.69, 9.17) is 4.42 Å². The maximum absolute atomic E-state index is 12.3. The average Bonchev–Trinajstić information content (AvgIpc) is 3.19. The Bertz CT molecular complexity index is 779. The summed E-state index contributed by atoms with van der Waals surface area (Å²) in [4.78, 5) is 12.3. The molecule has 0 aliphatic rings. The van der Waals surface area contributed by atoms with Gasteiger partial charge in [-0.25, -0.2) is 0 Å². The topological polar surface area (TPSA) is 68.0 Å². The third-order valence-corrected chi connectivity index (χ3v) is 4.15. The first-order chi connectivity index (χ1) is 11.1. The van der Waals surface area contributed by atoms with Crippen molar-refractivity contribution in [1.82, 2.24) is 15.5 Å². The van der Waals surface area contributed by atoms with E-state index < -0.39 is 0 Å². The van der Waals surface area contributed by atoms with Crippen molar-refractivity contribution in [3.8, 4) is 11.5 Å². The smallest absolute Gasteiger partial charge is 0.251 e. The number of aryl methyl sites for hydroxylation is 1. The van der Waals surface area contributed by atoms with Crippen LogP contribution in [0, 0.1) is 6.92 Å². The highest BCUT2D eigenvalue weighted by atomic mass is 32.1. The van der Waals surface area contributed by atoms with Crippen LogP contribution >= 0.6 is 11.3 Å². The van der Waals surface area contributed by atoms with Crippen LogP contribution in [0.15, 0.2) is 45.5 Å². The van der Waals surface area contributed by atoms with Gasteiger partial charge in [-0.1, -0.05) is 0 Å². The van der Waals surface area contributed by atoms with E-state index >= 15 is 0 Å². The van der Waals surface area contributed by atoms with E-state index in [9.17, 15) is 4.79 Å². The zero-order chi connectivity index (χ0) is 16.2. The van der Waals surface area contributed by atoms with Gasteiger partial charge < -0.3 is 9.73 Å². The number of carbonyl (C=O) groups is 1. The van der Waals surface area contributed by atoms with Crippen LogP contribution in [-0.4, -0.2) is 22.1 Å². The number of hydrogen-bond donors (Lipinski definition) is 1. The molecule has 0 aliphatic heterocycles. The molecule has 0 spiro atoms. The van der Waals surface area contributed by atoms with Gasteiger partial charge in [-0.15, -0.1) is 10.2 Å². The largest absolute Gasteiger partial charge is 0.421 e. The summed E-state index contributed by atoms with van der Waals surface area (Å²) in [7, 11) is 0. The van der Waals surface area contributed by atoms with Crippen molar-refractivity contribution in [3.05, 3.63) is 58.1 Å². The summed E-state index contributed by atoms with van der Waals surface area (Å²) < 4.78 is 5.37. The molecule has 0 radical (unpaired) electrons. The fraction of sp³-hybridized carbons (Fsp3) is 0.235. The van der Waals surface area contributed by atoms with Gasteiger partial charge in [0.25, 0.3) is 5.91 Å². The lowest BCUT2D eigenvalue weighted by atomic mass is 10.1. The van der Waals surface area contributed by atoms with Gasteiger partial charge in [-0.05, 0) is 60.0 Å². The molecule has 2 heterocycles. The third-order valence-electron chi connectivity index (χ3n) is 3.42. The Balaban J connectivity index is 1.63. The fourth-order valence-electron chi connectivity index (χ4n) is 2.30. The first-order valence-corrected chi connectivity index (χ1v) is 8.28. The predicted octanol–water partition coefficient (Wildman–Crippen LogP) is 3.47. The first-order valence-electron chi connectivity index (χ1n) is 7.34. The Morgan fingerprint density at radius 1 is 1.26 bits per heavy atom. The van der Waals surface area contributed by atoms with Crippen LogP contribution < -0.4 is 5.32 Å². The molecule has 6 heteroatoms. The molecule has 1 amide bonds. The van der Waals surface area contributed by atoms with Gasteiger partial charge in [-0.3, -0.25) is 4.79 Å². The molecule has 1 atom stereocenters. The number of thiophene rings is 1. The number of aromatic nitrogens is 2. The molecule has 118 valence electrons. The molecule has 0 aliphatic carbocycles. The summed E-state index contributed by atoms with van der Waals surface area (Å²) in [6.45, 7) is 3.75. The van der Waals surface area contributed by atoms with E-state index in [0.717, 1.165) is 12.0 Å². The van der Waals surface area contributed by atoms with Crippen LogP contribution in [-0.2, 0) is 6.42 Å². The van der Waals surface area contributed by atoms with E-state index in [0.29, 0.717) is 17.3 Å². The van der Waals surface area contributed by atoms with Gasteiger partial charge in [0.2, 0.25) is 11.8 Å². The molecule has 0 bridgehead atoms. The molecular weight excluding hydrogens is 310 g/mol. The van der Waals surface area contributed by atoms with E-state index in [1.165, 1.54) is 5.56 Å². The van der Waals surface area contributed by atoms with Crippen molar-refractivity contribution in [2.75, 3.05) is 0 Å². The van der Waals surface area contributed by atoms with Gasteiger partial charge in [0.05, 0.1) is 0 Å². The summed E-state index contributed by atoms with van der Waals surface area (Å²) in [6.07, 6.45) is 0.828. The highest BCUT2D eigenvalue weighted by Gasteiger charge is 2.12. The number of nitrogens with zero attached hydrogens (tertiary/aromatic N) is 2. The highest BCUT2D eigenvalue weighted by Crippen LogP contribution is 2.18. The predicted molar refractivity (Wildman–Crippen MR) is 89.4 cm³/mol. The molecule has 0 fully saturated rings. The van der Waals surface area contributed by atoms with Crippen molar-refractivity contribution in [3.63, 3.8) is 0 Å². The molecule has 0 saturated carbocycles. The molecule has 3 rings (SSSR count). The first kappa shape index (κ1) is 15.4.